The number of rotatable bonds is 4. The smallest absolute Gasteiger partial charge is 0.235 e. The number of hydrogen-bond acceptors (Lipinski definition) is 2. The standard InChI is InChI=1S/C16H22ClNOS/c1-12(20-15-11-7-6-10-14(15)17)16(19)18(2)13-8-4-3-5-9-13/h6-7,10-13H,3-5,8-9H2,1-2H3. The fraction of sp³-hybridized carbons (Fsp3) is 0.562. The van der Waals surface area contributed by atoms with Crippen LogP contribution in [0.5, 0.6) is 0 Å². The van der Waals surface area contributed by atoms with Gasteiger partial charge in [0.1, 0.15) is 0 Å². The molecule has 2 rings (SSSR count). The van der Waals surface area contributed by atoms with Crippen molar-refractivity contribution in [2.45, 2.75) is 55.2 Å². The molecule has 1 saturated carbocycles. The molecule has 110 valence electrons. The Hall–Kier alpha value is -0.670. The summed E-state index contributed by atoms with van der Waals surface area (Å²) in [6, 6.07) is 8.12. The predicted octanol–water partition coefficient (Wildman–Crippen LogP) is 4.61. The average Bonchev–Trinajstić information content (AvgIpc) is 2.49. The van der Waals surface area contributed by atoms with Crippen LogP contribution in [0, 0.1) is 0 Å². The van der Waals surface area contributed by atoms with Gasteiger partial charge in [-0.2, -0.15) is 0 Å². The first-order chi connectivity index (χ1) is 9.59. The normalized spacial score (nSPS) is 17.8. The molecule has 1 amide bonds. The molecule has 0 bridgehead atoms. The Morgan fingerprint density at radius 1 is 1.30 bits per heavy atom. The summed E-state index contributed by atoms with van der Waals surface area (Å²) in [6.45, 7) is 1.97. The van der Waals surface area contributed by atoms with Crippen molar-refractivity contribution in [2.24, 2.45) is 0 Å². The van der Waals surface area contributed by atoms with Crippen molar-refractivity contribution in [2.75, 3.05) is 7.05 Å². The summed E-state index contributed by atoms with van der Waals surface area (Å²) in [5.41, 5.74) is 0. The van der Waals surface area contributed by atoms with Gasteiger partial charge in [-0.3, -0.25) is 4.79 Å². The number of carbonyl (C=O) groups is 1. The molecule has 0 N–H and O–H groups in total. The summed E-state index contributed by atoms with van der Waals surface area (Å²) in [4.78, 5) is 15.5. The molecule has 0 heterocycles. The summed E-state index contributed by atoms with van der Waals surface area (Å²) in [5.74, 6) is 0.210. The Labute approximate surface area is 130 Å². The summed E-state index contributed by atoms with van der Waals surface area (Å²) in [5, 5.41) is 0.624. The number of amides is 1. The van der Waals surface area contributed by atoms with Crippen LogP contribution in [0.25, 0.3) is 0 Å². The molecule has 1 aromatic rings. The summed E-state index contributed by atoms with van der Waals surface area (Å²) in [7, 11) is 1.95. The molecule has 1 aliphatic carbocycles. The highest BCUT2D eigenvalue weighted by Gasteiger charge is 2.26. The van der Waals surface area contributed by atoms with Crippen LogP contribution in [0.2, 0.25) is 5.02 Å². The van der Waals surface area contributed by atoms with Crippen LogP contribution < -0.4 is 0 Å². The minimum atomic E-state index is -0.0955. The van der Waals surface area contributed by atoms with Crippen LogP contribution in [-0.2, 0) is 4.79 Å². The van der Waals surface area contributed by atoms with Gasteiger partial charge in [-0.15, -0.1) is 11.8 Å². The van der Waals surface area contributed by atoms with Crippen molar-refractivity contribution in [3.63, 3.8) is 0 Å². The predicted molar refractivity (Wildman–Crippen MR) is 86.4 cm³/mol. The quantitative estimate of drug-likeness (QED) is 0.757. The number of hydrogen-bond donors (Lipinski definition) is 0. The lowest BCUT2D eigenvalue weighted by atomic mass is 9.94. The van der Waals surface area contributed by atoms with E-state index in [-0.39, 0.29) is 11.2 Å². The maximum absolute atomic E-state index is 12.5. The van der Waals surface area contributed by atoms with Crippen molar-refractivity contribution >= 4 is 29.3 Å². The first-order valence-electron chi connectivity index (χ1n) is 7.27. The largest absolute Gasteiger partial charge is 0.342 e. The molecule has 1 unspecified atom stereocenters. The summed E-state index contributed by atoms with van der Waals surface area (Å²) < 4.78 is 0. The van der Waals surface area contributed by atoms with Crippen molar-refractivity contribution in [1.82, 2.24) is 4.90 Å². The molecule has 1 aliphatic rings. The second-order valence-corrected chi connectivity index (χ2v) is 7.22. The molecular formula is C16H22ClNOS. The van der Waals surface area contributed by atoms with Crippen LogP contribution in [-0.4, -0.2) is 29.1 Å². The Bertz CT molecular complexity index is 460. The van der Waals surface area contributed by atoms with Gasteiger partial charge in [0.2, 0.25) is 5.91 Å². The first kappa shape index (κ1) is 15.7. The zero-order valence-electron chi connectivity index (χ0n) is 12.1. The van der Waals surface area contributed by atoms with Crippen LogP contribution >= 0.6 is 23.4 Å². The SMILES string of the molecule is CC(Sc1ccccc1Cl)C(=O)N(C)C1CCCCC1. The topological polar surface area (TPSA) is 20.3 Å². The molecule has 0 aliphatic heterocycles. The first-order valence-corrected chi connectivity index (χ1v) is 8.53. The van der Waals surface area contributed by atoms with Crippen molar-refractivity contribution in [3.8, 4) is 0 Å². The van der Waals surface area contributed by atoms with E-state index in [0.717, 1.165) is 22.8 Å². The van der Waals surface area contributed by atoms with Gasteiger partial charge in [0.15, 0.2) is 0 Å². The lowest BCUT2D eigenvalue weighted by Gasteiger charge is -2.32. The Kier molecular flexibility index (Phi) is 5.79. The van der Waals surface area contributed by atoms with Crippen LogP contribution in [0.15, 0.2) is 29.2 Å². The summed E-state index contributed by atoms with van der Waals surface area (Å²) in [6.07, 6.45) is 6.09. The molecule has 1 atom stereocenters. The van der Waals surface area contributed by atoms with E-state index in [9.17, 15) is 4.79 Å². The van der Waals surface area contributed by atoms with Gasteiger partial charge in [0.05, 0.1) is 10.3 Å². The van der Waals surface area contributed by atoms with Gasteiger partial charge in [0.25, 0.3) is 0 Å². The zero-order chi connectivity index (χ0) is 14.5. The highest BCUT2D eigenvalue weighted by molar-refractivity contribution is 8.00. The van der Waals surface area contributed by atoms with E-state index in [1.165, 1.54) is 19.3 Å². The maximum Gasteiger partial charge on any atom is 0.235 e. The van der Waals surface area contributed by atoms with E-state index in [1.807, 2.05) is 43.1 Å². The third kappa shape index (κ3) is 3.92. The van der Waals surface area contributed by atoms with E-state index in [4.69, 9.17) is 11.6 Å². The number of halogens is 1. The minimum absolute atomic E-state index is 0.0955. The second kappa shape index (κ2) is 7.37. The third-order valence-corrected chi connectivity index (χ3v) is 5.56. The number of thioether (sulfide) groups is 1. The van der Waals surface area contributed by atoms with E-state index < -0.39 is 0 Å². The lowest BCUT2D eigenvalue weighted by Crippen LogP contribution is -2.42. The van der Waals surface area contributed by atoms with Gasteiger partial charge in [0, 0.05) is 18.0 Å². The fourth-order valence-corrected chi connectivity index (χ4v) is 3.97. The molecule has 4 heteroatoms. The highest BCUT2D eigenvalue weighted by Crippen LogP contribution is 2.31. The van der Waals surface area contributed by atoms with Gasteiger partial charge in [-0.1, -0.05) is 43.0 Å². The lowest BCUT2D eigenvalue weighted by molar-refractivity contribution is -0.131. The van der Waals surface area contributed by atoms with E-state index >= 15 is 0 Å². The molecule has 1 aromatic carbocycles. The molecule has 0 saturated heterocycles. The van der Waals surface area contributed by atoms with Crippen molar-refractivity contribution in [3.05, 3.63) is 29.3 Å². The molecule has 2 nitrogen and oxygen atoms in total. The molecular weight excluding hydrogens is 290 g/mol. The zero-order valence-corrected chi connectivity index (χ0v) is 13.7. The minimum Gasteiger partial charge on any atom is -0.342 e. The average molecular weight is 312 g/mol. The maximum atomic E-state index is 12.5. The van der Waals surface area contributed by atoms with Crippen LogP contribution in [0.1, 0.15) is 39.0 Å². The second-order valence-electron chi connectivity index (χ2n) is 5.43. The Morgan fingerprint density at radius 3 is 2.60 bits per heavy atom. The van der Waals surface area contributed by atoms with Gasteiger partial charge in [-0.05, 0) is 31.9 Å². The van der Waals surface area contributed by atoms with Gasteiger partial charge >= 0.3 is 0 Å². The highest BCUT2D eigenvalue weighted by atomic mass is 35.5. The summed E-state index contributed by atoms with van der Waals surface area (Å²) >= 11 is 7.70. The Morgan fingerprint density at radius 2 is 1.95 bits per heavy atom. The number of carbonyl (C=O) groups excluding carboxylic acids is 1. The third-order valence-electron chi connectivity index (χ3n) is 3.96. The molecule has 1 fully saturated rings. The van der Waals surface area contributed by atoms with Gasteiger partial charge in [-0.25, -0.2) is 0 Å². The van der Waals surface area contributed by atoms with E-state index in [2.05, 4.69) is 0 Å². The van der Waals surface area contributed by atoms with E-state index in [1.54, 1.807) is 11.8 Å². The molecule has 0 spiro atoms. The molecule has 0 radical (unpaired) electrons. The van der Waals surface area contributed by atoms with Crippen LogP contribution in [0.4, 0.5) is 0 Å². The molecule has 20 heavy (non-hydrogen) atoms. The Balaban J connectivity index is 1.96. The monoisotopic (exact) mass is 311 g/mol. The van der Waals surface area contributed by atoms with E-state index in [0.29, 0.717) is 6.04 Å². The fourth-order valence-electron chi connectivity index (χ4n) is 2.72. The molecule has 0 aromatic heterocycles. The van der Waals surface area contributed by atoms with Crippen molar-refractivity contribution in [1.29, 1.82) is 0 Å². The van der Waals surface area contributed by atoms with Gasteiger partial charge < -0.3 is 4.90 Å². The van der Waals surface area contributed by atoms with Crippen molar-refractivity contribution < 1.29 is 4.79 Å². The van der Waals surface area contributed by atoms with Crippen LogP contribution in [0.3, 0.4) is 0 Å². The number of nitrogens with zero attached hydrogens (tertiary/aromatic N) is 1. The number of benzene rings is 1.